The quantitative estimate of drug-likeness (QED) is 0.800. The molecule has 0 aromatic heterocycles. The molecule has 0 saturated carbocycles. The minimum atomic E-state index is -1.01. The first-order chi connectivity index (χ1) is 7.16. The van der Waals surface area contributed by atoms with Gasteiger partial charge in [-0.25, -0.2) is 4.39 Å². The van der Waals surface area contributed by atoms with Crippen LogP contribution >= 0.6 is 0 Å². The van der Waals surface area contributed by atoms with Crippen molar-refractivity contribution in [3.8, 4) is 11.5 Å². The van der Waals surface area contributed by atoms with Crippen LogP contribution in [0.15, 0.2) is 12.1 Å². The molecule has 0 atom stereocenters. The fraction of sp³-hybridized carbons (Fsp3) is 0.300. The summed E-state index contributed by atoms with van der Waals surface area (Å²) in [7, 11) is 0. The van der Waals surface area contributed by atoms with Gasteiger partial charge in [-0.1, -0.05) is 0 Å². The highest BCUT2D eigenvalue weighted by Crippen LogP contribution is 2.34. The van der Waals surface area contributed by atoms with Gasteiger partial charge in [-0.05, 0) is 17.7 Å². The van der Waals surface area contributed by atoms with Gasteiger partial charge in [0.05, 0.1) is 6.42 Å². The van der Waals surface area contributed by atoms with Crippen LogP contribution in [0, 0.1) is 5.82 Å². The first-order valence-corrected chi connectivity index (χ1v) is 4.46. The molecule has 1 N–H and O–H groups in total. The van der Waals surface area contributed by atoms with Crippen molar-refractivity contribution >= 4 is 5.97 Å². The highest BCUT2D eigenvalue weighted by atomic mass is 19.1. The first kappa shape index (κ1) is 9.76. The summed E-state index contributed by atoms with van der Waals surface area (Å²) in [6.07, 6.45) is -0.229. The monoisotopic (exact) mass is 212 g/mol. The molecule has 0 unspecified atom stereocenters. The summed E-state index contributed by atoms with van der Waals surface area (Å²) in [5, 5.41) is 8.57. The third-order valence-corrected chi connectivity index (χ3v) is 2.01. The van der Waals surface area contributed by atoms with E-state index in [1.165, 1.54) is 6.07 Å². The average Bonchev–Trinajstić information content (AvgIpc) is 2.16. The van der Waals surface area contributed by atoms with Crippen LogP contribution in [-0.2, 0) is 11.2 Å². The van der Waals surface area contributed by atoms with Gasteiger partial charge in [-0.2, -0.15) is 0 Å². The van der Waals surface area contributed by atoms with E-state index in [1.54, 1.807) is 0 Å². The summed E-state index contributed by atoms with van der Waals surface area (Å²) in [4.78, 5) is 10.5. The molecular formula is C10H9FO4. The van der Waals surface area contributed by atoms with E-state index in [-0.39, 0.29) is 17.9 Å². The van der Waals surface area contributed by atoms with E-state index >= 15 is 0 Å². The lowest BCUT2D eigenvalue weighted by Crippen LogP contribution is -2.17. The molecule has 1 aliphatic rings. The summed E-state index contributed by atoms with van der Waals surface area (Å²) in [5.41, 5.74) is 0.365. The molecular weight excluding hydrogens is 203 g/mol. The Labute approximate surface area is 85.2 Å². The lowest BCUT2D eigenvalue weighted by molar-refractivity contribution is -0.136. The van der Waals surface area contributed by atoms with Gasteiger partial charge in [-0.15, -0.1) is 0 Å². The number of carboxylic acid groups (broad SMARTS) is 1. The largest absolute Gasteiger partial charge is 0.486 e. The van der Waals surface area contributed by atoms with Gasteiger partial charge in [0, 0.05) is 0 Å². The number of ether oxygens (including phenoxy) is 2. The number of aliphatic carboxylic acids is 1. The van der Waals surface area contributed by atoms with Gasteiger partial charge < -0.3 is 14.6 Å². The molecule has 15 heavy (non-hydrogen) atoms. The highest BCUT2D eigenvalue weighted by Gasteiger charge is 2.18. The van der Waals surface area contributed by atoms with Crippen LogP contribution in [0.1, 0.15) is 5.56 Å². The number of hydrogen-bond donors (Lipinski definition) is 1. The number of carboxylic acids is 1. The van der Waals surface area contributed by atoms with Gasteiger partial charge in [0.2, 0.25) is 0 Å². The maximum absolute atomic E-state index is 13.4. The zero-order valence-electron chi connectivity index (χ0n) is 7.83. The molecule has 0 saturated heterocycles. The van der Waals surface area contributed by atoms with Gasteiger partial charge >= 0.3 is 5.97 Å². The van der Waals surface area contributed by atoms with Crippen molar-refractivity contribution in [2.45, 2.75) is 6.42 Å². The number of hydrogen-bond acceptors (Lipinski definition) is 3. The van der Waals surface area contributed by atoms with E-state index in [9.17, 15) is 9.18 Å². The van der Waals surface area contributed by atoms with Crippen molar-refractivity contribution in [1.82, 2.24) is 0 Å². The lowest BCUT2D eigenvalue weighted by atomic mass is 10.1. The zero-order chi connectivity index (χ0) is 10.8. The predicted molar refractivity (Wildman–Crippen MR) is 48.7 cm³/mol. The Kier molecular flexibility index (Phi) is 2.45. The van der Waals surface area contributed by atoms with Crippen LogP contribution in [0.25, 0.3) is 0 Å². The predicted octanol–water partition coefficient (Wildman–Crippen LogP) is 1.22. The summed E-state index contributed by atoms with van der Waals surface area (Å²) >= 11 is 0. The van der Waals surface area contributed by atoms with Crippen LogP contribution in [0.5, 0.6) is 11.5 Å². The second kappa shape index (κ2) is 3.76. The smallest absolute Gasteiger partial charge is 0.307 e. The molecule has 4 nitrogen and oxygen atoms in total. The Bertz CT molecular complexity index is 403. The van der Waals surface area contributed by atoms with Gasteiger partial charge in [0.25, 0.3) is 0 Å². The van der Waals surface area contributed by atoms with Crippen LogP contribution < -0.4 is 9.47 Å². The zero-order valence-corrected chi connectivity index (χ0v) is 7.83. The fourth-order valence-corrected chi connectivity index (χ4v) is 1.44. The average molecular weight is 212 g/mol. The normalized spacial score (nSPS) is 13.7. The minimum absolute atomic E-state index is 0.0652. The van der Waals surface area contributed by atoms with E-state index in [4.69, 9.17) is 14.6 Å². The van der Waals surface area contributed by atoms with E-state index < -0.39 is 11.8 Å². The Morgan fingerprint density at radius 1 is 1.40 bits per heavy atom. The maximum atomic E-state index is 13.4. The molecule has 80 valence electrons. The third-order valence-electron chi connectivity index (χ3n) is 2.01. The molecule has 1 aliphatic heterocycles. The van der Waals surface area contributed by atoms with Gasteiger partial charge in [0.1, 0.15) is 13.2 Å². The number of halogens is 1. The Hall–Kier alpha value is -1.78. The number of rotatable bonds is 2. The molecule has 1 aromatic carbocycles. The van der Waals surface area contributed by atoms with Crippen molar-refractivity contribution in [2.24, 2.45) is 0 Å². The topological polar surface area (TPSA) is 55.8 Å². The highest BCUT2D eigenvalue weighted by molar-refractivity contribution is 5.70. The van der Waals surface area contributed by atoms with Crippen LogP contribution in [0.3, 0.4) is 0 Å². The molecule has 2 rings (SSSR count). The fourth-order valence-electron chi connectivity index (χ4n) is 1.44. The number of fused-ring (bicyclic) bond motifs is 1. The number of carbonyl (C=O) groups is 1. The molecule has 1 heterocycles. The molecule has 0 aliphatic carbocycles. The van der Waals surface area contributed by atoms with Gasteiger partial charge in [-0.3, -0.25) is 4.79 Å². The third kappa shape index (κ3) is 2.01. The van der Waals surface area contributed by atoms with Crippen LogP contribution in [0.2, 0.25) is 0 Å². The molecule has 0 amide bonds. The van der Waals surface area contributed by atoms with Gasteiger partial charge in [0.15, 0.2) is 17.3 Å². The van der Waals surface area contributed by atoms with Crippen molar-refractivity contribution in [3.63, 3.8) is 0 Å². The minimum Gasteiger partial charge on any atom is -0.486 e. The molecule has 0 fully saturated rings. The van der Waals surface area contributed by atoms with E-state index in [0.717, 1.165) is 6.07 Å². The Morgan fingerprint density at radius 3 is 2.87 bits per heavy atom. The van der Waals surface area contributed by atoms with Crippen molar-refractivity contribution in [2.75, 3.05) is 13.2 Å². The molecule has 0 radical (unpaired) electrons. The van der Waals surface area contributed by atoms with Crippen molar-refractivity contribution < 1.29 is 23.8 Å². The summed E-state index contributed by atoms with van der Waals surface area (Å²) < 4.78 is 23.6. The van der Waals surface area contributed by atoms with E-state index in [1.807, 2.05) is 0 Å². The van der Waals surface area contributed by atoms with Crippen molar-refractivity contribution in [1.29, 1.82) is 0 Å². The standard InChI is InChI=1S/C10H9FO4/c11-7-3-6(5-9(12)13)4-8-10(7)15-2-1-14-8/h3-4H,1-2,5H2,(H,12,13). The maximum Gasteiger partial charge on any atom is 0.307 e. The molecule has 5 heteroatoms. The Balaban J connectivity index is 2.36. The Morgan fingerprint density at radius 2 is 2.13 bits per heavy atom. The SMILES string of the molecule is O=C(O)Cc1cc(F)c2c(c1)OCCO2. The van der Waals surface area contributed by atoms with E-state index in [2.05, 4.69) is 0 Å². The van der Waals surface area contributed by atoms with Crippen LogP contribution in [0.4, 0.5) is 4.39 Å². The van der Waals surface area contributed by atoms with Crippen molar-refractivity contribution in [3.05, 3.63) is 23.5 Å². The summed E-state index contributed by atoms with van der Waals surface area (Å²) in [5.74, 6) is -1.25. The van der Waals surface area contributed by atoms with E-state index in [0.29, 0.717) is 18.8 Å². The molecule has 0 bridgehead atoms. The first-order valence-electron chi connectivity index (χ1n) is 4.46. The molecule has 1 aromatic rings. The van der Waals surface area contributed by atoms with Crippen LogP contribution in [-0.4, -0.2) is 24.3 Å². The molecule has 0 spiro atoms. The second-order valence-corrected chi connectivity index (χ2v) is 3.17. The summed E-state index contributed by atoms with van der Waals surface area (Å²) in [6.45, 7) is 0.658. The second-order valence-electron chi connectivity index (χ2n) is 3.17. The number of benzene rings is 1. The lowest BCUT2D eigenvalue weighted by Gasteiger charge is -2.19. The summed E-state index contributed by atoms with van der Waals surface area (Å²) in [6, 6.07) is 2.65.